The zero-order valence-electron chi connectivity index (χ0n) is 32.8. The monoisotopic (exact) mass is 719 g/mol. The van der Waals surface area contributed by atoms with Crippen molar-refractivity contribution in [1.29, 1.82) is 0 Å². The third-order valence-corrected chi connectivity index (χ3v) is 11.9. The van der Waals surface area contributed by atoms with Crippen molar-refractivity contribution in [3.8, 4) is 16.9 Å². The van der Waals surface area contributed by atoms with Gasteiger partial charge in [0.25, 0.3) is 5.91 Å². The number of para-hydroxylation sites is 1. The second-order valence-electron chi connectivity index (χ2n) is 16.6. The average molecular weight is 720 g/mol. The van der Waals surface area contributed by atoms with E-state index in [0.29, 0.717) is 23.1 Å². The first-order valence-electron chi connectivity index (χ1n) is 18.6. The number of aliphatic hydroxyl groups is 2. The van der Waals surface area contributed by atoms with E-state index in [2.05, 4.69) is 49.8 Å². The van der Waals surface area contributed by atoms with Gasteiger partial charge in [-0.2, -0.15) is 5.06 Å². The van der Waals surface area contributed by atoms with Gasteiger partial charge >= 0.3 is 0 Å². The summed E-state index contributed by atoms with van der Waals surface area (Å²) in [6.45, 7) is 15.3. The van der Waals surface area contributed by atoms with E-state index in [1.807, 2.05) is 69.5 Å². The van der Waals surface area contributed by atoms with Gasteiger partial charge in [-0.1, -0.05) is 58.0 Å². The summed E-state index contributed by atoms with van der Waals surface area (Å²) >= 11 is 0. The predicted molar refractivity (Wildman–Crippen MR) is 205 cm³/mol. The van der Waals surface area contributed by atoms with Crippen LogP contribution in [-0.4, -0.2) is 111 Å². The van der Waals surface area contributed by atoms with Crippen LogP contribution >= 0.6 is 0 Å². The Labute approximate surface area is 310 Å². The van der Waals surface area contributed by atoms with Gasteiger partial charge in [-0.3, -0.25) is 14.4 Å². The van der Waals surface area contributed by atoms with Gasteiger partial charge in [0, 0.05) is 55.0 Å². The number of nitrogens with one attached hydrogen (secondary N) is 2. The SMILES string of the molecule is C=C1[C@@H](NC(=O)[C@@H]2[C@@H]([C@H](C)O)[C@H](CO)ON2Cc2cccc(-c3cc(C(=O)N[C@H](CN(C)C)C(C)C)cc(N(C)C)c3)c2OC)C[C@H]2C[C@@H]1C2(C)C. The lowest BCUT2D eigenvalue weighted by Crippen LogP contribution is -2.59. The van der Waals surface area contributed by atoms with E-state index in [9.17, 15) is 19.8 Å². The molecule has 1 saturated heterocycles. The standard InChI is InChI=1S/C41H61N5O6/c1-23(2)34(21-44(7)8)43-39(49)28-15-27(16-30(17-28)45(9)10)31-14-12-13-26(38(31)51-11)20-46-37(36(25(4)48)35(22-47)52-46)40(50)42-33-19-29-18-32(24(33)3)41(29,5)6/h12-17,23,25,29,32-37,47-48H,3,18-22H2,1-2,4-11H3,(H,42,50)(H,43,49)/t25-,29+,32-,33-,34+,35-,36-,37-/m0/s1. The molecule has 8 atom stereocenters. The maximum absolute atomic E-state index is 14.2. The zero-order chi connectivity index (χ0) is 38.2. The number of hydrogen-bond donors (Lipinski definition) is 4. The number of fused-ring (bicyclic) bond motifs is 2. The second-order valence-corrected chi connectivity index (χ2v) is 16.6. The number of hydrogen-bond acceptors (Lipinski definition) is 9. The summed E-state index contributed by atoms with van der Waals surface area (Å²) < 4.78 is 6.06. The van der Waals surface area contributed by atoms with Crippen LogP contribution in [0.5, 0.6) is 5.75 Å². The molecule has 3 aliphatic carbocycles. The quantitative estimate of drug-likeness (QED) is 0.211. The molecule has 0 aromatic heterocycles. The van der Waals surface area contributed by atoms with Crippen LogP contribution in [-0.2, 0) is 16.2 Å². The molecule has 2 aromatic rings. The highest BCUT2D eigenvalue weighted by Gasteiger charge is 2.56. The summed E-state index contributed by atoms with van der Waals surface area (Å²) in [5.41, 5.74) is 4.96. The van der Waals surface area contributed by atoms with Crippen molar-refractivity contribution in [2.75, 3.05) is 53.4 Å². The predicted octanol–water partition coefficient (Wildman–Crippen LogP) is 4.32. The Bertz CT molecular complexity index is 1620. The van der Waals surface area contributed by atoms with Crippen molar-refractivity contribution in [3.63, 3.8) is 0 Å². The van der Waals surface area contributed by atoms with Crippen molar-refractivity contribution < 1.29 is 29.4 Å². The smallest absolute Gasteiger partial charge is 0.251 e. The fourth-order valence-electron chi connectivity index (χ4n) is 8.58. The van der Waals surface area contributed by atoms with Gasteiger partial charge in [-0.05, 0) is 80.8 Å². The van der Waals surface area contributed by atoms with E-state index in [4.69, 9.17) is 9.57 Å². The number of amides is 2. The fraction of sp³-hybridized carbons (Fsp3) is 0.610. The Kier molecular flexibility index (Phi) is 12.1. The molecule has 4 N–H and O–H groups in total. The molecule has 0 spiro atoms. The molecule has 52 heavy (non-hydrogen) atoms. The molecule has 3 saturated carbocycles. The number of anilines is 1. The normalized spacial score (nSPS) is 26.5. The number of methoxy groups -OCH3 is 1. The lowest BCUT2D eigenvalue weighted by Gasteiger charge is -2.60. The molecule has 0 radical (unpaired) electrons. The second kappa shape index (κ2) is 15.9. The Balaban J connectivity index is 1.46. The van der Waals surface area contributed by atoms with Gasteiger partial charge in [0.05, 0.1) is 32.4 Å². The minimum absolute atomic E-state index is 0.0284. The minimum Gasteiger partial charge on any atom is -0.496 e. The highest BCUT2D eigenvalue weighted by molar-refractivity contribution is 5.97. The Morgan fingerprint density at radius 2 is 1.83 bits per heavy atom. The number of carbonyl (C=O) groups excluding carboxylic acids is 2. The molecular weight excluding hydrogens is 658 g/mol. The van der Waals surface area contributed by atoms with E-state index >= 15 is 0 Å². The Morgan fingerprint density at radius 3 is 2.38 bits per heavy atom. The number of likely N-dealkylation sites (N-methyl/N-ethyl adjacent to an activating group) is 1. The Morgan fingerprint density at radius 1 is 1.12 bits per heavy atom. The first-order chi connectivity index (χ1) is 24.5. The molecule has 2 bridgehead atoms. The van der Waals surface area contributed by atoms with Gasteiger partial charge in [0.15, 0.2) is 0 Å². The van der Waals surface area contributed by atoms with E-state index < -0.39 is 24.2 Å². The average Bonchev–Trinajstić information content (AvgIpc) is 3.46. The molecule has 4 aliphatic rings. The number of aliphatic hydroxyl groups excluding tert-OH is 2. The summed E-state index contributed by atoms with van der Waals surface area (Å²) in [4.78, 5) is 38.2. The molecule has 2 aromatic carbocycles. The van der Waals surface area contributed by atoms with E-state index in [1.54, 1.807) is 19.1 Å². The van der Waals surface area contributed by atoms with Crippen LogP contribution in [0.1, 0.15) is 63.4 Å². The van der Waals surface area contributed by atoms with Gasteiger partial charge in [0.2, 0.25) is 5.91 Å². The van der Waals surface area contributed by atoms with Crippen LogP contribution < -0.4 is 20.3 Å². The summed E-state index contributed by atoms with van der Waals surface area (Å²) in [7, 11) is 9.48. The van der Waals surface area contributed by atoms with Crippen LogP contribution in [0.2, 0.25) is 0 Å². The minimum atomic E-state index is -0.917. The number of rotatable bonds is 14. The lowest BCUT2D eigenvalue weighted by atomic mass is 9.46. The van der Waals surface area contributed by atoms with E-state index in [1.165, 1.54) is 0 Å². The fourth-order valence-corrected chi connectivity index (χ4v) is 8.58. The molecule has 11 heteroatoms. The zero-order valence-corrected chi connectivity index (χ0v) is 32.8. The Hall–Kier alpha value is -3.48. The summed E-state index contributed by atoms with van der Waals surface area (Å²) in [5.74, 6) is 0.625. The molecule has 11 nitrogen and oxygen atoms in total. The van der Waals surface area contributed by atoms with Crippen molar-refractivity contribution in [1.82, 2.24) is 20.6 Å². The van der Waals surface area contributed by atoms with Gasteiger partial charge in [-0.15, -0.1) is 0 Å². The van der Waals surface area contributed by atoms with E-state index in [0.717, 1.165) is 47.3 Å². The van der Waals surface area contributed by atoms with Crippen LogP contribution in [0.15, 0.2) is 48.6 Å². The molecular formula is C41H61N5O6. The molecule has 4 fully saturated rings. The number of hydroxylamine groups is 2. The summed E-state index contributed by atoms with van der Waals surface area (Å²) in [6, 6.07) is 10.5. The van der Waals surface area contributed by atoms with Crippen molar-refractivity contribution in [2.24, 2.45) is 29.1 Å². The molecule has 286 valence electrons. The molecule has 2 amide bonds. The highest BCUT2D eigenvalue weighted by Crippen LogP contribution is 2.60. The van der Waals surface area contributed by atoms with Crippen LogP contribution in [0.4, 0.5) is 5.69 Å². The van der Waals surface area contributed by atoms with Crippen LogP contribution in [0.25, 0.3) is 11.1 Å². The molecule has 6 rings (SSSR count). The van der Waals surface area contributed by atoms with Crippen LogP contribution in [0.3, 0.4) is 0 Å². The van der Waals surface area contributed by atoms with E-state index in [-0.39, 0.29) is 48.4 Å². The number of benzene rings is 2. The molecule has 1 aliphatic heterocycles. The highest BCUT2D eigenvalue weighted by atomic mass is 16.7. The van der Waals surface area contributed by atoms with Crippen molar-refractivity contribution in [3.05, 3.63) is 59.7 Å². The van der Waals surface area contributed by atoms with Gasteiger partial charge < -0.3 is 35.4 Å². The van der Waals surface area contributed by atoms with Crippen LogP contribution in [0, 0.1) is 29.1 Å². The number of carbonyl (C=O) groups is 2. The first-order valence-corrected chi connectivity index (χ1v) is 18.6. The topological polar surface area (TPSA) is 127 Å². The largest absolute Gasteiger partial charge is 0.496 e. The molecule has 1 heterocycles. The van der Waals surface area contributed by atoms with Crippen molar-refractivity contribution >= 4 is 17.5 Å². The maximum Gasteiger partial charge on any atom is 0.251 e. The lowest BCUT2D eigenvalue weighted by molar-refractivity contribution is -0.182. The number of nitrogens with zero attached hydrogens (tertiary/aromatic N) is 3. The van der Waals surface area contributed by atoms with Gasteiger partial charge in [0.1, 0.15) is 17.9 Å². The molecule has 0 unspecified atom stereocenters. The third-order valence-electron chi connectivity index (χ3n) is 11.9. The third kappa shape index (κ3) is 7.89. The van der Waals surface area contributed by atoms with Gasteiger partial charge in [-0.25, -0.2) is 0 Å². The number of ether oxygens (including phenoxy) is 1. The summed E-state index contributed by atoms with van der Waals surface area (Å²) in [5, 5.41) is 29.3. The maximum atomic E-state index is 14.2. The van der Waals surface area contributed by atoms with Crippen molar-refractivity contribution in [2.45, 2.75) is 84.3 Å². The first kappa shape index (κ1) is 39.7. The summed E-state index contributed by atoms with van der Waals surface area (Å²) in [6.07, 6.45) is 0.250.